The summed E-state index contributed by atoms with van der Waals surface area (Å²) in [5.74, 6) is -5.60. The van der Waals surface area contributed by atoms with Crippen LogP contribution in [0.15, 0.2) is 109 Å². The van der Waals surface area contributed by atoms with Crippen molar-refractivity contribution in [3.05, 3.63) is 126 Å². The molecule has 0 aliphatic heterocycles. The van der Waals surface area contributed by atoms with Crippen LogP contribution in [0.5, 0.6) is 28.7 Å². The zero-order valence-electron chi connectivity index (χ0n) is 41.4. The third-order valence-corrected chi connectivity index (χ3v) is 11.3. The fourth-order valence-corrected chi connectivity index (χ4v) is 7.32. The van der Waals surface area contributed by atoms with E-state index in [4.69, 9.17) is 52.1 Å². The molecule has 394 valence electrons. The largest absolute Gasteiger partial charge is 0.498 e. The Balaban J connectivity index is 1.12. The molecule has 0 aromatic heterocycles. The van der Waals surface area contributed by atoms with Crippen molar-refractivity contribution in [2.75, 3.05) is 53.4 Å². The number of esters is 8. The lowest BCUT2D eigenvalue weighted by Gasteiger charge is -2.26. The Labute approximate surface area is 428 Å². The van der Waals surface area contributed by atoms with Gasteiger partial charge in [-0.1, -0.05) is 13.2 Å². The highest BCUT2D eigenvalue weighted by molar-refractivity contribution is 5.98. The van der Waals surface area contributed by atoms with E-state index in [1.54, 1.807) is 31.2 Å². The van der Waals surface area contributed by atoms with Crippen molar-refractivity contribution in [2.24, 2.45) is 11.8 Å². The molecule has 74 heavy (non-hydrogen) atoms. The summed E-state index contributed by atoms with van der Waals surface area (Å²) in [6, 6.07) is 14.1. The first-order valence-corrected chi connectivity index (χ1v) is 24.1. The van der Waals surface area contributed by atoms with Crippen LogP contribution in [0.3, 0.4) is 0 Å². The molecule has 0 radical (unpaired) electrons. The molecule has 3 aromatic rings. The number of benzene rings is 3. The number of carbonyl (C=O) groups is 8. The van der Waals surface area contributed by atoms with Crippen molar-refractivity contribution in [3.63, 3.8) is 0 Å². The summed E-state index contributed by atoms with van der Waals surface area (Å²) in [5.41, 5.74) is 0.180. The zero-order chi connectivity index (χ0) is 53.2. The molecule has 5 rings (SSSR count). The van der Waals surface area contributed by atoms with Gasteiger partial charge >= 0.3 is 47.8 Å². The molecule has 19 nitrogen and oxygen atoms in total. The molecule has 0 bridgehead atoms. The average Bonchev–Trinajstić information content (AvgIpc) is 3.42. The van der Waals surface area contributed by atoms with Crippen molar-refractivity contribution < 1.29 is 90.5 Å². The number of hydrogen-bond donors (Lipinski definition) is 0. The van der Waals surface area contributed by atoms with Crippen molar-refractivity contribution in [1.29, 1.82) is 0 Å². The lowest BCUT2D eigenvalue weighted by atomic mass is 9.82. The predicted octanol–water partition coefficient (Wildman–Crippen LogP) is 8.13. The third kappa shape index (κ3) is 18.2. The van der Waals surface area contributed by atoms with Gasteiger partial charge in [0.05, 0.1) is 63.3 Å². The molecule has 1 fully saturated rings. The second-order valence-electron chi connectivity index (χ2n) is 16.5. The number of ether oxygens (including phenoxy) is 11. The van der Waals surface area contributed by atoms with E-state index in [1.807, 2.05) is 0 Å². The fourth-order valence-electron chi connectivity index (χ4n) is 7.32. The molecule has 0 N–H and O–H groups in total. The van der Waals surface area contributed by atoms with Gasteiger partial charge in [-0.25, -0.2) is 28.8 Å². The Bertz CT molecular complexity index is 2550. The van der Waals surface area contributed by atoms with E-state index in [9.17, 15) is 38.4 Å². The van der Waals surface area contributed by atoms with Gasteiger partial charge in [-0.2, -0.15) is 0 Å². The van der Waals surface area contributed by atoms with Crippen LogP contribution in [0.1, 0.15) is 102 Å². The van der Waals surface area contributed by atoms with Crippen LogP contribution in [0.25, 0.3) is 0 Å². The number of allylic oxidation sites excluding steroid dienone is 3. The van der Waals surface area contributed by atoms with Gasteiger partial charge in [-0.15, -0.1) is 0 Å². The van der Waals surface area contributed by atoms with Crippen LogP contribution < -0.4 is 23.7 Å². The highest BCUT2D eigenvalue weighted by Gasteiger charge is 2.33. The molecular formula is C55H60O19. The lowest BCUT2D eigenvalue weighted by molar-refractivity contribution is -0.145. The summed E-state index contributed by atoms with van der Waals surface area (Å²) in [7, 11) is 1.16. The Hall–Kier alpha value is -8.06. The second-order valence-corrected chi connectivity index (χ2v) is 16.5. The first-order valence-electron chi connectivity index (χ1n) is 24.1. The number of hydrogen-bond acceptors (Lipinski definition) is 19. The molecule has 0 heterocycles. The summed E-state index contributed by atoms with van der Waals surface area (Å²) in [4.78, 5) is 102. The molecule has 2 aliphatic carbocycles. The predicted molar refractivity (Wildman–Crippen MR) is 262 cm³/mol. The minimum absolute atomic E-state index is 0.00891. The molecule has 0 spiro atoms. The maximum atomic E-state index is 13.4. The molecule has 19 heteroatoms. The van der Waals surface area contributed by atoms with Gasteiger partial charge in [0, 0.05) is 30.8 Å². The number of carbonyl (C=O) groups excluding carboxylic acids is 8. The SMILES string of the molecule is C=CC(=O)OCCCCOC1=CC=C(C(=O)Oc2ccc(OC(=O)C3CCC(C(=O)Oc4ccc(OC(=O)c5ccc(OCCCCOC(=O)C=C)cc5)c(C(=O)OCCOCC)c4)CC3)cc2C(=O)OC)CC1. The van der Waals surface area contributed by atoms with Gasteiger partial charge in [-0.3, -0.25) is 9.59 Å². The minimum atomic E-state index is -0.853. The monoisotopic (exact) mass is 1020 g/mol. The van der Waals surface area contributed by atoms with E-state index < -0.39 is 59.6 Å². The van der Waals surface area contributed by atoms with Gasteiger partial charge < -0.3 is 52.1 Å². The van der Waals surface area contributed by atoms with Gasteiger partial charge in [-0.05, 0) is 138 Å². The molecule has 1 saturated carbocycles. The van der Waals surface area contributed by atoms with Crippen LogP contribution >= 0.6 is 0 Å². The first-order chi connectivity index (χ1) is 35.8. The van der Waals surface area contributed by atoms with Crippen LogP contribution in [0.4, 0.5) is 0 Å². The van der Waals surface area contributed by atoms with Crippen molar-refractivity contribution in [1.82, 2.24) is 0 Å². The number of methoxy groups -OCH3 is 1. The van der Waals surface area contributed by atoms with Gasteiger partial charge in [0.15, 0.2) is 0 Å². The van der Waals surface area contributed by atoms with Crippen LogP contribution in [-0.2, 0) is 52.4 Å². The Morgan fingerprint density at radius 1 is 0.527 bits per heavy atom. The fraction of sp³-hybridized carbons (Fsp3) is 0.382. The summed E-state index contributed by atoms with van der Waals surface area (Å²) >= 11 is 0. The lowest BCUT2D eigenvalue weighted by Crippen LogP contribution is -2.30. The highest BCUT2D eigenvalue weighted by atomic mass is 16.6. The number of rotatable bonds is 28. The van der Waals surface area contributed by atoms with E-state index in [2.05, 4.69) is 13.2 Å². The van der Waals surface area contributed by atoms with E-state index in [1.165, 1.54) is 48.5 Å². The Morgan fingerprint density at radius 2 is 1.04 bits per heavy atom. The smallest absolute Gasteiger partial charge is 0.343 e. The molecule has 0 atom stereocenters. The van der Waals surface area contributed by atoms with Gasteiger partial charge in [0.1, 0.15) is 46.5 Å². The Morgan fingerprint density at radius 3 is 1.55 bits per heavy atom. The maximum absolute atomic E-state index is 13.4. The second kappa shape index (κ2) is 30.1. The topological polar surface area (TPSA) is 238 Å². The van der Waals surface area contributed by atoms with Crippen LogP contribution in [-0.4, -0.2) is 101 Å². The summed E-state index contributed by atoms with van der Waals surface area (Å²) < 4.78 is 59.4. The van der Waals surface area contributed by atoms with Gasteiger partial charge in [0.2, 0.25) is 0 Å². The van der Waals surface area contributed by atoms with E-state index in [0.717, 1.165) is 19.3 Å². The summed E-state index contributed by atoms with van der Waals surface area (Å²) in [6.07, 6.45) is 9.77. The molecule has 2 aliphatic rings. The quantitative estimate of drug-likeness (QED) is 0.0219. The zero-order valence-corrected chi connectivity index (χ0v) is 41.4. The van der Waals surface area contributed by atoms with Crippen molar-refractivity contribution in [3.8, 4) is 28.7 Å². The van der Waals surface area contributed by atoms with E-state index in [0.29, 0.717) is 75.4 Å². The molecule has 3 aromatic carbocycles. The van der Waals surface area contributed by atoms with E-state index in [-0.39, 0.29) is 91.8 Å². The van der Waals surface area contributed by atoms with Crippen molar-refractivity contribution >= 4 is 47.8 Å². The van der Waals surface area contributed by atoms with Crippen LogP contribution in [0, 0.1) is 11.8 Å². The summed E-state index contributed by atoms with van der Waals surface area (Å²) in [6.45, 7) is 10.2. The standard InChI is InChI=1S/C55H60O19/c1-5-48(56)68-30-10-8-28-66-40-20-16-38(17-21-40)52(60)73-46-26-24-42(34-44(46)54(62)64-4)71-50(58)36-12-14-37(15-13-36)51(59)72-43-25-27-47(45(35-43)55(63)70-33-32-65-7-3)74-53(61)39-18-22-41(23-19-39)67-29-9-11-31-69-49(57)6-2/h5-6,16,18-20,22-27,34-37H,1-2,7-15,17,21,28-33H2,3-4H3. The number of unbranched alkanes of at least 4 members (excludes halogenated alkanes) is 2. The van der Waals surface area contributed by atoms with Crippen LogP contribution in [0.2, 0.25) is 0 Å². The van der Waals surface area contributed by atoms with E-state index >= 15 is 0 Å². The van der Waals surface area contributed by atoms with Gasteiger partial charge in [0.25, 0.3) is 0 Å². The minimum Gasteiger partial charge on any atom is -0.498 e. The highest BCUT2D eigenvalue weighted by Crippen LogP contribution is 2.34. The molecule has 0 unspecified atom stereocenters. The first kappa shape index (κ1) is 56.8. The molecule has 0 saturated heterocycles. The molecule has 0 amide bonds. The maximum Gasteiger partial charge on any atom is 0.343 e. The summed E-state index contributed by atoms with van der Waals surface area (Å²) in [5, 5.41) is 0. The molecular weight excluding hydrogens is 965 g/mol. The third-order valence-electron chi connectivity index (χ3n) is 11.3. The normalized spacial score (nSPS) is 14.8. The Kier molecular flexibility index (Phi) is 23.1. The average molecular weight is 1030 g/mol. The van der Waals surface area contributed by atoms with Crippen molar-refractivity contribution in [2.45, 2.75) is 71.1 Å².